The van der Waals surface area contributed by atoms with Crippen LogP contribution in [-0.4, -0.2) is 55.7 Å². The molecule has 4 rings (SSSR count). The highest BCUT2D eigenvalue weighted by Crippen LogP contribution is 2.61. The van der Waals surface area contributed by atoms with Gasteiger partial charge in [-0.1, -0.05) is 24.3 Å². The van der Waals surface area contributed by atoms with E-state index in [4.69, 9.17) is 0 Å². The molecule has 26 heavy (non-hydrogen) atoms. The van der Waals surface area contributed by atoms with Gasteiger partial charge in [0.1, 0.15) is 6.04 Å². The Balaban J connectivity index is 1.39. The van der Waals surface area contributed by atoms with Crippen molar-refractivity contribution in [3.8, 4) is 0 Å². The molecule has 2 fully saturated rings. The van der Waals surface area contributed by atoms with Gasteiger partial charge in [0, 0.05) is 44.1 Å². The topological polar surface area (TPSA) is 44.4 Å². The second-order valence-corrected chi connectivity index (χ2v) is 7.66. The summed E-state index contributed by atoms with van der Waals surface area (Å²) in [7, 11) is 0. The van der Waals surface area contributed by atoms with Crippen LogP contribution in [0.15, 0.2) is 24.3 Å². The Morgan fingerprint density at radius 2 is 2.04 bits per heavy atom. The van der Waals surface area contributed by atoms with E-state index < -0.39 is 12.2 Å². The molecule has 2 aliphatic carbocycles. The molecule has 0 radical (unpaired) electrons. The van der Waals surface area contributed by atoms with E-state index in [9.17, 15) is 18.0 Å². The highest BCUT2D eigenvalue weighted by Gasteiger charge is 2.61. The second kappa shape index (κ2) is 6.53. The average Bonchev–Trinajstić information content (AvgIpc) is 3.24. The lowest BCUT2D eigenvalue weighted by Crippen LogP contribution is -2.57. The van der Waals surface area contributed by atoms with Crippen molar-refractivity contribution in [3.05, 3.63) is 35.4 Å². The van der Waals surface area contributed by atoms with Gasteiger partial charge in [-0.05, 0) is 30.4 Å². The van der Waals surface area contributed by atoms with Gasteiger partial charge in [0.15, 0.2) is 0 Å². The first-order valence-electron chi connectivity index (χ1n) is 9.29. The number of rotatable bonds is 4. The molecule has 1 amide bonds. The van der Waals surface area contributed by atoms with Gasteiger partial charge in [-0.15, -0.1) is 0 Å². The zero-order valence-electron chi connectivity index (χ0n) is 14.6. The molecule has 1 saturated carbocycles. The van der Waals surface area contributed by atoms with Gasteiger partial charge in [-0.2, -0.15) is 13.2 Å². The van der Waals surface area contributed by atoms with Crippen LogP contribution in [-0.2, 0) is 16.6 Å². The van der Waals surface area contributed by atoms with E-state index in [0.29, 0.717) is 26.2 Å². The number of piperazine rings is 1. The number of benzene rings is 1. The molecule has 2 N–H and O–H groups in total. The van der Waals surface area contributed by atoms with Crippen molar-refractivity contribution in [2.45, 2.75) is 36.9 Å². The lowest BCUT2D eigenvalue weighted by atomic mass is 9.95. The highest BCUT2D eigenvalue weighted by molar-refractivity contribution is 5.85. The summed E-state index contributed by atoms with van der Waals surface area (Å²) < 4.78 is 40.3. The van der Waals surface area contributed by atoms with E-state index in [-0.39, 0.29) is 23.8 Å². The Kier molecular flexibility index (Phi) is 4.47. The van der Waals surface area contributed by atoms with E-state index >= 15 is 0 Å². The predicted octanol–water partition coefficient (Wildman–Crippen LogP) is 1.84. The maximum atomic E-state index is 13.4. The first kappa shape index (κ1) is 17.8. The summed E-state index contributed by atoms with van der Waals surface area (Å²) >= 11 is 0. The molecular weight excluding hydrogens is 343 g/mol. The Morgan fingerprint density at radius 1 is 1.31 bits per heavy atom. The van der Waals surface area contributed by atoms with Crippen molar-refractivity contribution >= 4 is 5.91 Å². The molecule has 1 aliphatic heterocycles. The van der Waals surface area contributed by atoms with Crippen molar-refractivity contribution in [2.75, 3.05) is 32.7 Å². The molecule has 142 valence electrons. The minimum absolute atomic E-state index is 0.135. The molecule has 3 aliphatic rings. The van der Waals surface area contributed by atoms with Crippen LogP contribution >= 0.6 is 0 Å². The standard InChI is InChI=1S/C19H24F3N3O/c20-19(21,22)16(25-9-7-23-8-10-25)12-24-17(26)15-11-18(15)6-5-13-3-1-2-4-14(13)18/h1-4,15-16,23H,5-12H2,(H,24,26). The third-order valence-electron chi connectivity index (χ3n) is 6.23. The van der Waals surface area contributed by atoms with Crippen molar-refractivity contribution in [1.82, 2.24) is 15.5 Å². The number of fused-ring (bicyclic) bond motifs is 2. The second-order valence-electron chi connectivity index (χ2n) is 7.66. The maximum Gasteiger partial charge on any atom is 0.405 e. The molecule has 3 atom stereocenters. The van der Waals surface area contributed by atoms with E-state index in [0.717, 1.165) is 19.3 Å². The number of alkyl halides is 3. The number of nitrogens with zero attached hydrogens (tertiary/aromatic N) is 1. The monoisotopic (exact) mass is 367 g/mol. The van der Waals surface area contributed by atoms with Gasteiger partial charge >= 0.3 is 6.18 Å². The fourth-order valence-electron chi connectivity index (χ4n) is 4.71. The van der Waals surface area contributed by atoms with Gasteiger partial charge in [-0.3, -0.25) is 9.69 Å². The Bertz CT molecular complexity index is 687. The quantitative estimate of drug-likeness (QED) is 0.854. The van der Waals surface area contributed by atoms with Crippen LogP contribution in [0, 0.1) is 5.92 Å². The Labute approximate surface area is 151 Å². The molecule has 3 unspecified atom stereocenters. The lowest BCUT2D eigenvalue weighted by molar-refractivity contribution is -0.184. The Morgan fingerprint density at radius 3 is 2.77 bits per heavy atom. The van der Waals surface area contributed by atoms with Crippen LogP contribution in [0.4, 0.5) is 13.2 Å². The van der Waals surface area contributed by atoms with Crippen LogP contribution in [0.5, 0.6) is 0 Å². The number of aryl methyl sites for hydroxylation is 1. The summed E-state index contributed by atoms with van der Waals surface area (Å²) in [6.07, 6.45) is -1.72. The number of carbonyl (C=O) groups is 1. The number of nitrogens with one attached hydrogen (secondary N) is 2. The summed E-state index contributed by atoms with van der Waals surface area (Å²) in [5, 5.41) is 5.67. The van der Waals surface area contributed by atoms with Crippen LogP contribution in [0.25, 0.3) is 0 Å². The fourth-order valence-corrected chi connectivity index (χ4v) is 4.71. The highest BCUT2D eigenvalue weighted by atomic mass is 19.4. The molecule has 1 heterocycles. The molecule has 7 heteroatoms. The molecule has 0 aromatic heterocycles. The zero-order chi connectivity index (χ0) is 18.4. The van der Waals surface area contributed by atoms with E-state index in [1.165, 1.54) is 16.0 Å². The number of hydrogen-bond acceptors (Lipinski definition) is 3. The fraction of sp³-hybridized carbons (Fsp3) is 0.632. The number of hydrogen-bond donors (Lipinski definition) is 2. The molecule has 1 aromatic rings. The van der Waals surface area contributed by atoms with Crippen LogP contribution in [0.1, 0.15) is 24.0 Å². The van der Waals surface area contributed by atoms with E-state index in [1.54, 1.807) is 0 Å². The third-order valence-corrected chi connectivity index (χ3v) is 6.23. The van der Waals surface area contributed by atoms with Crippen LogP contribution < -0.4 is 10.6 Å². The lowest BCUT2D eigenvalue weighted by Gasteiger charge is -2.36. The molecular formula is C19H24F3N3O. The molecule has 1 saturated heterocycles. The van der Waals surface area contributed by atoms with Gasteiger partial charge in [-0.25, -0.2) is 0 Å². The van der Waals surface area contributed by atoms with Crippen molar-refractivity contribution in [2.24, 2.45) is 5.92 Å². The van der Waals surface area contributed by atoms with Crippen molar-refractivity contribution < 1.29 is 18.0 Å². The van der Waals surface area contributed by atoms with Gasteiger partial charge in [0.05, 0.1) is 0 Å². The van der Waals surface area contributed by atoms with Gasteiger partial charge in [0.25, 0.3) is 0 Å². The zero-order valence-corrected chi connectivity index (χ0v) is 14.6. The van der Waals surface area contributed by atoms with Crippen LogP contribution in [0.2, 0.25) is 0 Å². The molecule has 1 aromatic carbocycles. The number of halogens is 3. The van der Waals surface area contributed by atoms with Crippen molar-refractivity contribution in [3.63, 3.8) is 0 Å². The van der Waals surface area contributed by atoms with Gasteiger partial charge in [0.2, 0.25) is 5.91 Å². The third kappa shape index (κ3) is 3.11. The van der Waals surface area contributed by atoms with E-state index in [1.807, 2.05) is 12.1 Å². The Hall–Kier alpha value is -1.60. The van der Waals surface area contributed by atoms with Crippen LogP contribution in [0.3, 0.4) is 0 Å². The van der Waals surface area contributed by atoms with Crippen molar-refractivity contribution in [1.29, 1.82) is 0 Å². The maximum absolute atomic E-state index is 13.4. The summed E-state index contributed by atoms with van der Waals surface area (Å²) in [6, 6.07) is 6.51. The molecule has 4 nitrogen and oxygen atoms in total. The largest absolute Gasteiger partial charge is 0.405 e. The summed E-state index contributed by atoms with van der Waals surface area (Å²) in [5.74, 6) is -0.422. The average molecular weight is 367 g/mol. The molecule has 1 spiro atoms. The minimum Gasteiger partial charge on any atom is -0.354 e. The predicted molar refractivity (Wildman–Crippen MR) is 91.8 cm³/mol. The van der Waals surface area contributed by atoms with E-state index in [2.05, 4.69) is 22.8 Å². The van der Waals surface area contributed by atoms with Gasteiger partial charge < -0.3 is 10.6 Å². The first-order valence-corrected chi connectivity index (χ1v) is 9.29. The number of amides is 1. The summed E-state index contributed by atoms with van der Waals surface area (Å²) in [6.45, 7) is 1.42. The summed E-state index contributed by atoms with van der Waals surface area (Å²) in [4.78, 5) is 14.0. The smallest absolute Gasteiger partial charge is 0.354 e. The minimum atomic E-state index is -4.34. The SMILES string of the molecule is O=C(NCC(N1CCNCC1)C(F)(F)F)C1CC12CCc1ccccc12. The number of carbonyl (C=O) groups excluding carboxylic acids is 1. The molecule has 0 bridgehead atoms. The summed E-state index contributed by atoms with van der Waals surface area (Å²) in [5.41, 5.74) is 2.36. The normalized spacial score (nSPS) is 29.4. The first-order chi connectivity index (χ1) is 12.4.